The summed E-state index contributed by atoms with van der Waals surface area (Å²) in [7, 11) is 0.656. The number of esters is 1. The standard InChI is InChI=1S/C34H50O5Si/c1-32(2,3)31(35)38-22-26-25(30(36-9)37-10)21-27(29-28(26)34(29,7)8)39-40(33(4,5)6,23-17-13-11-14-18-23)24-19-15-12-16-20-24/h11-20,25-30H,21-22H2,1-10H3/t25-,26+,27-,28-,29+/m0/s1. The number of methoxy groups -OCH3 is 2. The molecule has 2 aromatic rings. The lowest BCUT2D eigenvalue weighted by molar-refractivity contribution is -0.178. The fourth-order valence-electron chi connectivity index (χ4n) is 7.52. The molecule has 0 N–H and O–H groups in total. The molecule has 0 spiro atoms. The molecule has 6 heteroatoms. The van der Waals surface area contributed by atoms with Crippen LogP contribution in [0.15, 0.2) is 60.7 Å². The van der Waals surface area contributed by atoms with Crippen LogP contribution >= 0.6 is 0 Å². The molecule has 2 aliphatic carbocycles. The molecule has 5 nitrogen and oxygen atoms in total. The molecule has 2 aromatic carbocycles. The number of hydrogen-bond donors (Lipinski definition) is 0. The van der Waals surface area contributed by atoms with E-state index in [1.54, 1.807) is 14.2 Å². The van der Waals surface area contributed by atoms with E-state index >= 15 is 0 Å². The van der Waals surface area contributed by atoms with Crippen LogP contribution in [0, 0.1) is 34.5 Å². The quantitative estimate of drug-likeness (QED) is 0.210. The van der Waals surface area contributed by atoms with Crippen molar-refractivity contribution >= 4 is 24.7 Å². The van der Waals surface area contributed by atoms with Crippen LogP contribution in [0.3, 0.4) is 0 Å². The van der Waals surface area contributed by atoms with Gasteiger partial charge in [-0.25, -0.2) is 0 Å². The van der Waals surface area contributed by atoms with Crippen molar-refractivity contribution in [2.24, 2.45) is 34.5 Å². The van der Waals surface area contributed by atoms with Gasteiger partial charge in [0.1, 0.15) is 0 Å². The van der Waals surface area contributed by atoms with E-state index < -0.39 is 20.0 Å². The van der Waals surface area contributed by atoms with Gasteiger partial charge in [-0.3, -0.25) is 4.79 Å². The maximum Gasteiger partial charge on any atom is 0.311 e. The zero-order valence-electron chi connectivity index (χ0n) is 26.2. The molecule has 0 unspecified atom stereocenters. The zero-order valence-corrected chi connectivity index (χ0v) is 27.2. The number of fused-ring (bicyclic) bond motifs is 1. The Labute approximate surface area is 243 Å². The molecule has 2 saturated carbocycles. The monoisotopic (exact) mass is 566 g/mol. The van der Waals surface area contributed by atoms with Crippen LogP contribution in [-0.2, 0) is 23.4 Å². The Balaban J connectivity index is 1.77. The van der Waals surface area contributed by atoms with Crippen molar-refractivity contribution in [1.82, 2.24) is 0 Å². The van der Waals surface area contributed by atoms with Gasteiger partial charge in [-0.2, -0.15) is 0 Å². The molecule has 0 saturated heterocycles. The third kappa shape index (κ3) is 5.57. The van der Waals surface area contributed by atoms with E-state index in [4.69, 9.17) is 18.6 Å². The van der Waals surface area contributed by atoms with Crippen molar-refractivity contribution in [3.05, 3.63) is 60.7 Å². The second kappa shape index (κ2) is 11.4. The fourth-order valence-corrected chi connectivity index (χ4v) is 12.2. The van der Waals surface area contributed by atoms with E-state index in [9.17, 15) is 4.79 Å². The highest BCUT2D eigenvalue weighted by Gasteiger charge is 2.70. The van der Waals surface area contributed by atoms with Crippen molar-refractivity contribution < 1.29 is 23.4 Å². The van der Waals surface area contributed by atoms with Gasteiger partial charge in [0.15, 0.2) is 6.29 Å². The minimum atomic E-state index is -2.75. The summed E-state index contributed by atoms with van der Waals surface area (Å²) in [6, 6.07) is 21.7. The molecule has 220 valence electrons. The maximum atomic E-state index is 12.8. The van der Waals surface area contributed by atoms with Crippen LogP contribution in [-0.4, -0.2) is 47.5 Å². The summed E-state index contributed by atoms with van der Waals surface area (Å²) < 4.78 is 25.4. The second-order valence-corrected chi connectivity index (χ2v) is 18.7. The van der Waals surface area contributed by atoms with Crippen molar-refractivity contribution in [3.8, 4) is 0 Å². The van der Waals surface area contributed by atoms with Crippen LogP contribution in [0.1, 0.15) is 61.8 Å². The maximum absolute atomic E-state index is 12.8. The normalized spacial score (nSPS) is 26.3. The summed E-state index contributed by atoms with van der Waals surface area (Å²) in [6.07, 6.45) is 0.415. The summed E-state index contributed by atoms with van der Waals surface area (Å²) in [5.74, 6) is 0.704. The molecule has 0 aliphatic heterocycles. The van der Waals surface area contributed by atoms with E-state index in [0.29, 0.717) is 18.4 Å². The van der Waals surface area contributed by atoms with E-state index in [1.807, 2.05) is 20.8 Å². The molecule has 0 aromatic heterocycles. The molecular formula is C34H50O5Si. The Morgan fingerprint density at radius 2 is 1.38 bits per heavy atom. The molecule has 2 aliphatic rings. The summed E-state index contributed by atoms with van der Waals surface area (Å²) in [6.45, 7) is 17.8. The van der Waals surface area contributed by atoms with E-state index in [0.717, 1.165) is 6.42 Å². The van der Waals surface area contributed by atoms with Crippen molar-refractivity contribution in [1.29, 1.82) is 0 Å². The predicted molar refractivity (Wildman–Crippen MR) is 163 cm³/mol. The lowest BCUT2D eigenvalue weighted by Gasteiger charge is -2.48. The van der Waals surface area contributed by atoms with E-state index in [2.05, 4.69) is 95.3 Å². The van der Waals surface area contributed by atoms with Gasteiger partial charge in [-0.15, -0.1) is 0 Å². The highest BCUT2D eigenvalue weighted by molar-refractivity contribution is 6.99. The zero-order chi connectivity index (χ0) is 29.5. The second-order valence-electron chi connectivity index (χ2n) is 14.4. The number of ether oxygens (including phenoxy) is 3. The van der Waals surface area contributed by atoms with Crippen LogP contribution in [0.5, 0.6) is 0 Å². The van der Waals surface area contributed by atoms with Crippen LogP contribution in [0.4, 0.5) is 0 Å². The number of benzene rings is 2. The summed E-state index contributed by atoms with van der Waals surface area (Å²) in [4.78, 5) is 12.8. The number of rotatable bonds is 9. The molecule has 0 heterocycles. The smallest absolute Gasteiger partial charge is 0.311 e. The Morgan fingerprint density at radius 1 is 0.875 bits per heavy atom. The lowest BCUT2D eigenvalue weighted by Crippen LogP contribution is -2.68. The summed E-state index contributed by atoms with van der Waals surface area (Å²) in [5.41, 5.74) is -0.491. The van der Waals surface area contributed by atoms with Gasteiger partial charge in [0.2, 0.25) is 0 Å². The highest BCUT2D eigenvalue weighted by atomic mass is 28.4. The van der Waals surface area contributed by atoms with Crippen molar-refractivity contribution in [2.45, 2.75) is 79.2 Å². The molecule has 40 heavy (non-hydrogen) atoms. The lowest BCUT2D eigenvalue weighted by atomic mass is 9.77. The molecule has 0 bridgehead atoms. The van der Waals surface area contributed by atoms with Crippen LogP contribution in [0.25, 0.3) is 0 Å². The van der Waals surface area contributed by atoms with Gasteiger partial charge in [-0.05, 0) is 59.9 Å². The third-order valence-corrected chi connectivity index (χ3v) is 14.6. The summed E-state index contributed by atoms with van der Waals surface area (Å²) in [5, 5.41) is 2.47. The average Bonchev–Trinajstić information content (AvgIpc) is 3.48. The Bertz CT molecular complexity index is 1090. The fraction of sp³-hybridized carbons (Fsp3) is 0.618. The number of hydrogen-bond acceptors (Lipinski definition) is 5. The van der Waals surface area contributed by atoms with Crippen LogP contribution < -0.4 is 10.4 Å². The summed E-state index contributed by atoms with van der Waals surface area (Å²) >= 11 is 0. The van der Waals surface area contributed by atoms with Gasteiger partial charge in [0.25, 0.3) is 8.32 Å². The third-order valence-electron chi connectivity index (χ3n) is 9.49. The van der Waals surface area contributed by atoms with Crippen LogP contribution in [0.2, 0.25) is 5.04 Å². The van der Waals surface area contributed by atoms with Gasteiger partial charge < -0.3 is 18.6 Å². The SMILES string of the molecule is COC(OC)[C@H]1C[C@H](O[Si](c2ccccc2)(c2ccccc2)C(C)(C)C)[C@@H]2[C@H]([C@@H]1COC(=O)C(C)(C)C)C2(C)C. The van der Waals surface area contributed by atoms with Gasteiger partial charge in [0, 0.05) is 32.2 Å². The number of carbonyl (C=O) groups excluding carboxylic acids is 1. The average molecular weight is 567 g/mol. The Morgan fingerprint density at radius 3 is 1.80 bits per heavy atom. The first kappa shape index (κ1) is 31.0. The molecular weight excluding hydrogens is 516 g/mol. The minimum Gasteiger partial charge on any atom is -0.465 e. The Kier molecular flexibility index (Phi) is 8.79. The molecule has 2 fully saturated rings. The van der Waals surface area contributed by atoms with Gasteiger partial charge in [-0.1, -0.05) is 95.3 Å². The van der Waals surface area contributed by atoms with E-state index in [-0.39, 0.29) is 34.4 Å². The Hall–Kier alpha value is -1.99. The van der Waals surface area contributed by atoms with Gasteiger partial charge in [0.05, 0.1) is 12.0 Å². The van der Waals surface area contributed by atoms with E-state index in [1.165, 1.54) is 10.4 Å². The largest absolute Gasteiger partial charge is 0.465 e. The first-order valence-electron chi connectivity index (χ1n) is 14.7. The topological polar surface area (TPSA) is 54.0 Å². The predicted octanol–water partition coefficient (Wildman–Crippen LogP) is 6.05. The first-order chi connectivity index (χ1) is 18.7. The van der Waals surface area contributed by atoms with Gasteiger partial charge >= 0.3 is 5.97 Å². The highest BCUT2D eigenvalue weighted by Crippen LogP contribution is 2.69. The molecule has 4 rings (SSSR count). The van der Waals surface area contributed by atoms with Crippen molar-refractivity contribution in [2.75, 3.05) is 20.8 Å². The van der Waals surface area contributed by atoms with Crippen molar-refractivity contribution in [3.63, 3.8) is 0 Å². The number of carbonyl (C=O) groups is 1. The molecule has 0 amide bonds. The first-order valence-corrected chi connectivity index (χ1v) is 16.6. The molecule has 0 radical (unpaired) electrons. The molecule has 5 atom stereocenters. The minimum absolute atomic E-state index is 0.0265.